The standard InChI is InChI=1S/C22H39N5O/c1-6-19-8-10-20(11-9-19)21(26(4)5)17-25-22(23-7-2)24-16-18(3)27-12-14-28-15-13-27/h8-11,18,21H,6-7,12-17H2,1-5H3,(H2,23,24,25). The van der Waals surface area contributed by atoms with Crippen LogP contribution in [0.25, 0.3) is 0 Å². The Morgan fingerprint density at radius 3 is 2.39 bits per heavy atom. The number of nitrogens with zero attached hydrogens (tertiary/aromatic N) is 3. The van der Waals surface area contributed by atoms with E-state index in [0.29, 0.717) is 12.1 Å². The lowest BCUT2D eigenvalue weighted by Crippen LogP contribution is -2.45. The largest absolute Gasteiger partial charge is 0.379 e. The summed E-state index contributed by atoms with van der Waals surface area (Å²) in [4.78, 5) is 9.55. The van der Waals surface area contributed by atoms with E-state index in [1.54, 1.807) is 0 Å². The predicted octanol–water partition coefficient (Wildman–Crippen LogP) is 2.13. The van der Waals surface area contributed by atoms with Crippen LogP contribution in [0, 0.1) is 0 Å². The van der Waals surface area contributed by atoms with Crippen LogP contribution in [0.2, 0.25) is 0 Å². The van der Waals surface area contributed by atoms with Gasteiger partial charge in [0.2, 0.25) is 0 Å². The Hall–Kier alpha value is -1.63. The number of nitrogens with one attached hydrogen (secondary N) is 2. The third-order valence-corrected chi connectivity index (χ3v) is 5.39. The monoisotopic (exact) mass is 389 g/mol. The summed E-state index contributed by atoms with van der Waals surface area (Å²) < 4.78 is 5.45. The van der Waals surface area contributed by atoms with Gasteiger partial charge in [-0.05, 0) is 45.5 Å². The summed E-state index contributed by atoms with van der Waals surface area (Å²) in [7, 11) is 4.26. The van der Waals surface area contributed by atoms with Gasteiger partial charge in [0.15, 0.2) is 5.96 Å². The zero-order valence-corrected chi connectivity index (χ0v) is 18.4. The molecule has 0 bridgehead atoms. The van der Waals surface area contributed by atoms with E-state index in [-0.39, 0.29) is 0 Å². The molecular weight excluding hydrogens is 350 g/mol. The minimum Gasteiger partial charge on any atom is -0.379 e. The predicted molar refractivity (Wildman–Crippen MR) is 118 cm³/mol. The number of hydrogen-bond acceptors (Lipinski definition) is 4. The van der Waals surface area contributed by atoms with Gasteiger partial charge < -0.3 is 20.3 Å². The van der Waals surface area contributed by atoms with Gasteiger partial charge in [-0.15, -0.1) is 0 Å². The first-order valence-corrected chi connectivity index (χ1v) is 10.6. The highest BCUT2D eigenvalue weighted by molar-refractivity contribution is 5.79. The van der Waals surface area contributed by atoms with Crippen molar-refractivity contribution in [3.05, 3.63) is 35.4 Å². The van der Waals surface area contributed by atoms with Gasteiger partial charge in [-0.1, -0.05) is 31.2 Å². The quantitative estimate of drug-likeness (QED) is 0.501. The smallest absolute Gasteiger partial charge is 0.191 e. The molecule has 2 rings (SSSR count). The van der Waals surface area contributed by atoms with Gasteiger partial charge in [-0.2, -0.15) is 0 Å². The zero-order valence-electron chi connectivity index (χ0n) is 18.4. The highest BCUT2D eigenvalue weighted by Crippen LogP contribution is 2.18. The number of morpholine rings is 1. The lowest BCUT2D eigenvalue weighted by atomic mass is 10.0. The summed E-state index contributed by atoms with van der Waals surface area (Å²) in [6, 6.07) is 9.67. The number of ether oxygens (including phenoxy) is 1. The maximum atomic E-state index is 5.45. The lowest BCUT2D eigenvalue weighted by molar-refractivity contribution is 0.0220. The van der Waals surface area contributed by atoms with E-state index in [4.69, 9.17) is 9.73 Å². The molecule has 0 aliphatic carbocycles. The molecule has 6 nitrogen and oxygen atoms in total. The number of rotatable bonds is 9. The van der Waals surface area contributed by atoms with E-state index in [1.807, 2.05) is 0 Å². The molecule has 2 atom stereocenters. The van der Waals surface area contributed by atoms with E-state index < -0.39 is 0 Å². The van der Waals surface area contributed by atoms with Crippen molar-refractivity contribution in [3.63, 3.8) is 0 Å². The van der Waals surface area contributed by atoms with Crippen molar-refractivity contribution in [2.75, 3.05) is 60.0 Å². The molecule has 0 saturated carbocycles. The molecule has 0 spiro atoms. The SMILES string of the molecule is CCNC(=NCC(C)N1CCOCC1)NCC(c1ccc(CC)cc1)N(C)C. The minimum absolute atomic E-state index is 0.298. The molecule has 0 radical (unpaired) electrons. The van der Waals surface area contributed by atoms with E-state index in [2.05, 4.69) is 79.6 Å². The van der Waals surface area contributed by atoms with Crippen LogP contribution >= 0.6 is 0 Å². The van der Waals surface area contributed by atoms with Crippen molar-refractivity contribution in [1.29, 1.82) is 0 Å². The number of likely N-dealkylation sites (N-methyl/N-ethyl adjacent to an activating group) is 1. The van der Waals surface area contributed by atoms with Crippen LogP contribution in [0.4, 0.5) is 0 Å². The van der Waals surface area contributed by atoms with Crippen LogP contribution in [0.3, 0.4) is 0 Å². The summed E-state index contributed by atoms with van der Waals surface area (Å²) in [5, 5.41) is 6.92. The van der Waals surface area contributed by atoms with Crippen LogP contribution in [-0.2, 0) is 11.2 Å². The van der Waals surface area contributed by atoms with E-state index in [9.17, 15) is 0 Å². The number of aliphatic imine (C=N–C) groups is 1. The molecule has 1 fully saturated rings. The van der Waals surface area contributed by atoms with E-state index in [0.717, 1.165) is 58.3 Å². The van der Waals surface area contributed by atoms with Crippen LogP contribution in [0.1, 0.15) is 37.9 Å². The molecule has 1 aliphatic heterocycles. The first-order valence-electron chi connectivity index (χ1n) is 10.6. The van der Waals surface area contributed by atoms with Crippen LogP contribution < -0.4 is 10.6 Å². The molecule has 0 amide bonds. The van der Waals surface area contributed by atoms with Gasteiger partial charge in [0.1, 0.15) is 0 Å². The van der Waals surface area contributed by atoms with Crippen molar-refractivity contribution < 1.29 is 4.74 Å². The van der Waals surface area contributed by atoms with Gasteiger partial charge in [0.25, 0.3) is 0 Å². The first kappa shape index (κ1) is 22.7. The van der Waals surface area contributed by atoms with Crippen molar-refractivity contribution in [2.45, 2.75) is 39.3 Å². The Morgan fingerprint density at radius 1 is 1.14 bits per heavy atom. The number of aryl methyl sites for hydroxylation is 1. The lowest BCUT2D eigenvalue weighted by Gasteiger charge is -2.31. The summed E-state index contributed by atoms with van der Waals surface area (Å²) in [5.74, 6) is 0.889. The number of hydrogen-bond donors (Lipinski definition) is 2. The van der Waals surface area contributed by atoms with E-state index in [1.165, 1.54) is 11.1 Å². The molecule has 2 unspecified atom stereocenters. The number of benzene rings is 1. The zero-order chi connectivity index (χ0) is 20.4. The molecule has 1 heterocycles. The highest BCUT2D eigenvalue weighted by Gasteiger charge is 2.17. The highest BCUT2D eigenvalue weighted by atomic mass is 16.5. The molecular formula is C22H39N5O. The molecule has 1 aromatic rings. The summed E-state index contributed by atoms with van der Waals surface area (Å²) in [6.07, 6.45) is 1.07. The summed E-state index contributed by atoms with van der Waals surface area (Å²) in [5.41, 5.74) is 2.70. The van der Waals surface area contributed by atoms with Crippen LogP contribution in [-0.4, -0.2) is 81.8 Å². The Kier molecular flexibility index (Phi) is 9.75. The van der Waals surface area contributed by atoms with Crippen molar-refractivity contribution in [2.24, 2.45) is 4.99 Å². The Labute approximate surface area is 171 Å². The van der Waals surface area contributed by atoms with Crippen LogP contribution in [0.15, 0.2) is 29.3 Å². The third-order valence-electron chi connectivity index (χ3n) is 5.39. The Bertz CT molecular complexity index is 581. The van der Waals surface area contributed by atoms with Gasteiger partial charge in [0, 0.05) is 32.2 Å². The summed E-state index contributed by atoms with van der Waals surface area (Å²) in [6.45, 7) is 12.7. The van der Waals surface area contributed by atoms with Gasteiger partial charge >= 0.3 is 0 Å². The number of guanidine groups is 1. The molecule has 1 aliphatic rings. The topological polar surface area (TPSA) is 52.1 Å². The van der Waals surface area contributed by atoms with E-state index >= 15 is 0 Å². The van der Waals surface area contributed by atoms with Crippen molar-refractivity contribution in [3.8, 4) is 0 Å². The summed E-state index contributed by atoms with van der Waals surface area (Å²) >= 11 is 0. The Morgan fingerprint density at radius 2 is 1.82 bits per heavy atom. The first-order chi connectivity index (χ1) is 13.5. The third kappa shape index (κ3) is 7.08. The fourth-order valence-electron chi connectivity index (χ4n) is 3.47. The second-order valence-electron chi connectivity index (χ2n) is 7.67. The molecule has 2 N–H and O–H groups in total. The second-order valence-corrected chi connectivity index (χ2v) is 7.67. The fraction of sp³-hybridized carbons (Fsp3) is 0.682. The molecule has 28 heavy (non-hydrogen) atoms. The molecule has 1 aromatic carbocycles. The minimum atomic E-state index is 0.298. The molecule has 1 saturated heterocycles. The van der Waals surface area contributed by atoms with Crippen molar-refractivity contribution in [1.82, 2.24) is 20.4 Å². The normalized spacial score (nSPS) is 18.1. The van der Waals surface area contributed by atoms with Crippen LogP contribution in [0.5, 0.6) is 0 Å². The second kappa shape index (κ2) is 12.0. The van der Waals surface area contributed by atoms with Gasteiger partial charge in [0.05, 0.1) is 25.8 Å². The van der Waals surface area contributed by atoms with Crippen molar-refractivity contribution >= 4 is 5.96 Å². The Balaban J connectivity index is 1.96. The molecule has 158 valence electrons. The maximum absolute atomic E-state index is 5.45. The average molecular weight is 390 g/mol. The maximum Gasteiger partial charge on any atom is 0.191 e. The molecule has 0 aromatic heterocycles. The molecule has 6 heteroatoms. The fourth-order valence-corrected chi connectivity index (χ4v) is 3.47. The van der Waals surface area contributed by atoms with Gasteiger partial charge in [-0.25, -0.2) is 0 Å². The van der Waals surface area contributed by atoms with Gasteiger partial charge in [-0.3, -0.25) is 9.89 Å². The average Bonchev–Trinajstić information content (AvgIpc) is 2.72.